The fourth-order valence-electron chi connectivity index (χ4n) is 1.81. The minimum Gasteiger partial charge on any atom is -0.328 e. The Morgan fingerprint density at radius 3 is 2.38 bits per heavy atom. The molecular formula is C12H20ClN3O4S. The number of benzene rings is 1. The second-order valence-electron chi connectivity index (χ2n) is 4.83. The van der Waals surface area contributed by atoms with Crippen molar-refractivity contribution >= 4 is 28.1 Å². The monoisotopic (exact) mass is 337 g/mol. The van der Waals surface area contributed by atoms with Crippen molar-refractivity contribution in [3.05, 3.63) is 33.4 Å². The van der Waals surface area contributed by atoms with Gasteiger partial charge in [0.1, 0.15) is 0 Å². The Bertz CT molecular complexity index is 617. The SMILES string of the molecule is Cc1cc(C)c(S(=O)(=O)NCCC(C)N)cc1[N+](=O)[O-].Cl. The molecule has 0 heterocycles. The minimum atomic E-state index is -3.77. The maximum atomic E-state index is 12.1. The number of hydrogen-bond donors (Lipinski definition) is 2. The van der Waals surface area contributed by atoms with E-state index in [1.54, 1.807) is 20.8 Å². The number of nitro benzene ring substituents is 1. The molecule has 21 heavy (non-hydrogen) atoms. The quantitative estimate of drug-likeness (QED) is 0.605. The van der Waals surface area contributed by atoms with Crippen LogP contribution < -0.4 is 10.5 Å². The van der Waals surface area contributed by atoms with Gasteiger partial charge in [-0.1, -0.05) is 0 Å². The van der Waals surface area contributed by atoms with Gasteiger partial charge in [-0.2, -0.15) is 0 Å². The largest absolute Gasteiger partial charge is 0.328 e. The van der Waals surface area contributed by atoms with E-state index in [0.29, 0.717) is 17.5 Å². The fourth-order valence-corrected chi connectivity index (χ4v) is 3.10. The molecule has 0 spiro atoms. The first-order valence-corrected chi connectivity index (χ1v) is 7.64. The highest BCUT2D eigenvalue weighted by Crippen LogP contribution is 2.25. The first-order chi connectivity index (χ1) is 9.15. The topological polar surface area (TPSA) is 115 Å². The number of nitrogens with two attached hydrogens (primary N) is 1. The van der Waals surface area contributed by atoms with Crippen LogP contribution in [0.3, 0.4) is 0 Å². The van der Waals surface area contributed by atoms with Crippen molar-refractivity contribution in [3.8, 4) is 0 Å². The maximum absolute atomic E-state index is 12.1. The van der Waals surface area contributed by atoms with Crippen molar-refractivity contribution in [2.45, 2.75) is 38.1 Å². The third-order valence-corrected chi connectivity index (χ3v) is 4.47. The molecule has 1 aromatic carbocycles. The first-order valence-electron chi connectivity index (χ1n) is 6.16. The molecule has 1 unspecified atom stereocenters. The Morgan fingerprint density at radius 2 is 1.90 bits per heavy atom. The highest BCUT2D eigenvalue weighted by molar-refractivity contribution is 7.89. The van der Waals surface area contributed by atoms with Crippen molar-refractivity contribution in [1.82, 2.24) is 4.72 Å². The van der Waals surface area contributed by atoms with Crippen LogP contribution in [0.25, 0.3) is 0 Å². The first kappa shape index (κ1) is 19.8. The number of nitrogens with one attached hydrogen (secondary N) is 1. The summed E-state index contributed by atoms with van der Waals surface area (Å²) in [6.45, 7) is 5.15. The van der Waals surface area contributed by atoms with Gasteiger partial charge >= 0.3 is 0 Å². The Labute approximate surface area is 130 Å². The molecule has 0 amide bonds. The zero-order chi connectivity index (χ0) is 15.5. The van der Waals surface area contributed by atoms with E-state index in [9.17, 15) is 18.5 Å². The number of aryl methyl sites for hydroxylation is 2. The van der Waals surface area contributed by atoms with Crippen LogP contribution in [-0.2, 0) is 10.0 Å². The summed E-state index contributed by atoms with van der Waals surface area (Å²) in [5.41, 5.74) is 6.25. The Morgan fingerprint density at radius 1 is 1.33 bits per heavy atom. The lowest BCUT2D eigenvalue weighted by atomic mass is 10.1. The summed E-state index contributed by atoms with van der Waals surface area (Å²) >= 11 is 0. The van der Waals surface area contributed by atoms with Crippen LogP contribution >= 0.6 is 12.4 Å². The van der Waals surface area contributed by atoms with Crippen LogP contribution in [-0.4, -0.2) is 25.9 Å². The molecule has 1 rings (SSSR count). The van der Waals surface area contributed by atoms with Crippen molar-refractivity contribution in [3.63, 3.8) is 0 Å². The molecule has 1 aromatic rings. The van der Waals surface area contributed by atoms with Crippen molar-refractivity contribution < 1.29 is 13.3 Å². The van der Waals surface area contributed by atoms with Gasteiger partial charge in [0.15, 0.2) is 0 Å². The van der Waals surface area contributed by atoms with Crippen LogP contribution in [0.5, 0.6) is 0 Å². The third kappa shape index (κ3) is 5.24. The summed E-state index contributed by atoms with van der Waals surface area (Å²) in [6.07, 6.45) is 0.492. The second-order valence-corrected chi connectivity index (χ2v) is 6.56. The van der Waals surface area contributed by atoms with Gasteiger partial charge in [-0.25, -0.2) is 13.1 Å². The van der Waals surface area contributed by atoms with E-state index >= 15 is 0 Å². The van der Waals surface area contributed by atoms with Gasteiger partial charge in [0.25, 0.3) is 5.69 Å². The van der Waals surface area contributed by atoms with E-state index < -0.39 is 14.9 Å². The lowest BCUT2D eigenvalue weighted by Gasteiger charge is -2.11. The summed E-state index contributed by atoms with van der Waals surface area (Å²) in [4.78, 5) is 10.2. The van der Waals surface area contributed by atoms with E-state index in [2.05, 4.69) is 4.72 Å². The Kier molecular flexibility index (Phi) is 7.25. The number of hydrogen-bond acceptors (Lipinski definition) is 5. The molecule has 7 nitrogen and oxygen atoms in total. The van der Waals surface area contributed by atoms with Crippen LogP contribution in [0.2, 0.25) is 0 Å². The van der Waals surface area contributed by atoms with E-state index in [-0.39, 0.29) is 35.6 Å². The number of rotatable bonds is 6. The third-order valence-electron chi connectivity index (χ3n) is 2.87. The molecule has 0 aliphatic carbocycles. The molecule has 0 saturated carbocycles. The smallest absolute Gasteiger partial charge is 0.273 e. The van der Waals surface area contributed by atoms with E-state index in [1.807, 2.05) is 0 Å². The molecule has 0 aromatic heterocycles. The molecular weight excluding hydrogens is 318 g/mol. The summed E-state index contributed by atoms with van der Waals surface area (Å²) in [6, 6.07) is 2.48. The maximum Gasteiger partial charge on any atom is 0.273 e. The average Bonchev–Trinajstić information content (AvgIpc) is 2.26. The summed E-state index contributed by atoms with van der Waals surface area (Å²) in [7, 11) is -3.77. The average molecular weight is 338 g/mol. The molecule has 3 N–H and O–H groups in total. The predicted octanol–water partition coefficient (Wildman–Crippen LogP) is 1.65. The highest BCUT2D eigenvalue weighted by Gasteiger charge is 2.22. The van der Waals surface area contributed by atoms with E-state index in [4.69, 9.17) is 5.73 Å². The van der Waals surface area contributed by atoms with Crippen LogP contribution in [0.4, 0.5) is 5.69 Å². The minimum absolute atomic E-state index is 0. The molecule has 0 saturated heterocycles. The van der Waals surface area contributed by atoms with Crippen molar-refractivity contribution in [1.29, 1.82) is 0 Å². The molecule has 0 aliphatic heterocycles. The van der Waals surface area contributed by atoms with Gasteiger partial charge in [-0.3, -0.25) is 10.1 Å². The summed E-state index contributed by atoms with van der Waals surface area (Å²) in [5.74, 6) is 0. The van der Waals surface area contributed by atoms with Crippen molar-refractivity contribution in [2.24, 2.45) is 5.73 Å². The van der Waals surface area contributed by atoms with E-state index in [1.165, 1.54) is 6.07 Å². The molecule has 120 valence electrons. The van der Waals surface area contributed by atoms with Crippen molar-refractivity contribution in [2.75, 3.05) is 6.54 Å². The number of nitro groups is 1. The number of sulfonamides is 1. The molecule has 1 atom stereocenters. The van der Waals surface area contributed by atoms with Crippen LogP contribution in [0.15, 0.2) is 17.0 Å². The van der Waals surface area contributed by atoms with Gasteiger partial charge in [0.05, 0.1) is 9.82 Å². The van der Waals surface area contributed by atoms with Crippen LogP contribution in [0, 0.1) is 24.0 Å². The van der Waals surface area contributed by atoms with Gasteiger partial charge in [0, 0.05) is 24.2 Å². The molecule has 0 radical (unpaired) electrons. The molecule has 0 bridgehead atoms. The normalized spacial score (nSPS) is 12.6. The summed E-state index contributed by atoms with van der Waals surface area (Å²) in [5, 5.41) is 10.9. The van der Waals surface area contributed by atoms with E-state index in [0.717, 1.165) is 6.07 Å². The Hall–Kier alpha value is -1.22. The standard InChI is InChI=1S/C12H19N3O4S.ClH/c1-8-6-9(2)12(7-11(8)15(16)17)20(18,19)14-5-4-10(3)13;/h6-7,10,14H,4-5,13H2,1-3H3;1H. The molecule has 9 heteroatoms. The van der Waals surface area contributed by atoms with Gasteiger partial charge in [-0.05, 0) is 38.8 Å². The lowest BCUT2D eigenvalue weighted by molar-refractivity contribution is -0.385. The van der Waals surface area contributed by atoms with Crippen LogP contribution in [0.1, 0.15) is 24.5 Å². The highest BCUT2D eigenvalue weighted by atomic mass is 35.5. The zero-order valence-corrected chi connectivity index (χ0v) is 13.8. The summed E-state index contributed by atoms with van der Waals surface area (Å²) < 4.78 is 26.7. The number of halogens is 1. The zero-order valence-electron chi connectivity index (χ0n) is 12.1. The molecule has 0 aliphatic rings. The lowest BCUT2D eigenvalue weighted by Crippen LogP contribution is -2.29. The Balaban J connectivity index is 0.00000400. The molecule has 0 fully saturated rings. The van der Waals surface area contributed by atoms with Gasteiger partial charge in [-0.15, -0.1) is 12.4 Å². The second kappa shape index (κ2) is 7.69. The predicted molar refractivity (Wildman–Crippen MR) is 83.3 cm³/mol. The number of nitrogens with zero attached hydrogens (tertiary/aromatic N) is 1. The van der Waals surface area contributed by atoms with Gasteiger partial charge in [0.2, 0.25) is 10.0 Å². The fraction of sp³-hybridized carbons (Fsp3) is 0.500. The van der Waals surface area contributed by atoms with Gasteiger partial charge < -0.3 is 5.73 Å².